The number of carbonyl (C=O) groups excluding carboxylic acids is 2. The van der Waals surface area contributed by atoms with Gasteiger partial charge in [0.05, 0.1) is 16.0 Å². The van der Waals surface area contributed by atoms with Crippen molar-refractivity contribution in [3.8, 4) is 0 Å². The molecule has 1 aromatic carbocycles. The van der Waals surface area contributed by atoms with Crippen LogP contribution in [0.5, 0.6) is 0 Å². The van der Waals surface area contributed by atoms with E-state index in [1.807, 2.05) is 6.92 Å². The molecule has 0 radical (unpaired) electrons. The van der Waals surface area contributed by atoms with E-state index in [-0.39, 0.29) is 17.1 Å². The number of anilines is 2. The van der Waals surface area contributed by atoms with Crippen molar-refractivity contribution in [3.63, 3.8) is 0 Å². The number of rotatable bonds is 5. The monoisotopic (exact) mass is 332 g/mol. The summed E-state index contributed by atoms with van der Waals surface area (Å²) in [5.74, 6) is -0.258. The normalized spacial score (nSPS) is 9.94. The Balaban J connectivity index is 2.80. The van der Waals surface area contributed by atoms with Gasteiger partial charge in [-0.2, -0.15) is 0 Å². The van der Waals surface area contributed by atoms with Crippen LogP contribution in [-0.2, 0) is 9.59 Å². The van der Waals surface area contributed by atoms with Crippen LogP contribution in [0.15, 0.2) is 18.2 Å². The van der Waals surface area contributed by atoms with E-state index in [2.05, 4.69) is 26.6 Å². The van der Waals surface area contributed by atoms with E-state index in [0.717, 1.165) is 6.42 Å². The van der Waals surface area contributed by atoms with E-state index in [9.17, 15) is 9.59 Å². The average Bonchev–Trinajstić information content (AvgIpc) is 2.33. The molecule has 0 aromatic heterocycles. The summed E-state index contributed by atoms with van der Waals surface area (Å²) in [4.78, 5) is 22.7. The van der Waals surface area contributed by atoms with Gasteiger partial charge >= 0.3 is 0 Å². The van der Waals surface area contributed by atoms with Gasteiger partial charge in [-0.1, -0.05) is 34.5 Å². The summed E-state index contributed by atoms with van der Waals surface area (Å²) in [6.07, 6.45) is 1.25. The highest BCUT2D eigenvalue weighted by molar-refractivity contribution is 9.09. The molecule has 0 fully saturated rings. The number of carbonyl (C=O) groups is 2. The van der Waals surface area contributed by atoms with Gasteiger partial charge in [0.1, 0.15) is 0 Å². The van der Waals surface area contributed by atoms with Crippen LogP contribution in [0.4, 0.5) is 11.4 Å². The highest BCUT2D eigenvalue weighted by Crippen LogP contribution is 2.25. The summed E-state index contributed by atoms with van der Waals surface area (Å²) in [7, 11) is 0. The lowest BCUT2D eigenvalue weighted by molar-refractivity contribution is -0.116. The van der Waals surface area contributed by atoms with Gasteiger partial charge in [-0.25, -0.2) is 0 Å². The minimum absolute atomic E-state index is 0.0578. The van der Waals surface area contributed by atoms with Crippen LogP contribution < -0.4 is 10.6 Å². The highest BCUT2D eigenvalue weighted by Gasteiger charge is 2.07. The Labute approximate surface area is 119 Å². The Morgan fingerprint density at radius 2 is 2.00 bits per heavy atom. The molecule has 0 saturated carbocycles. The topological polar surface area (TPSA) is 58.2 Å². The summed E-state index contributed by atoms with van der Waals surface area (Å²) in [6.45, 7) is 1.93. The predicted octanol–water partition coefficient (Wildman–Crippen LogP) is 3.41. The van der Waals surface area contributed by atoms with Crippen molar-refractivity contribution in [2.45, 2.75) is 19.8 Å². The maximum Gasteiger partial charge on any atom is 0.235 e. The molecule has 0 unspecified atom stereocenters. The van der Waals surface area contributed by atoms with Crippen LogP contribution in [0.3, 0.4) is 0 Å². The van der Waals surface area contributed by atoms with Crippen LogP contribution in [0.1, 0.15) is 19.8 Å². The van der Waals surface area contributed by atoms with Crippen LogP contribution in [0.25, 0.3) is 0 Å². The SMILES string of the molecule is CCCC(=O)Nc1ccc(Cl)c(NC(=O)CBr)c1. The number of amides is 2. The van der Waals surface area contributed by atoms with Crippen molar-refractivity contribution in [1.82, 2.24) is 0 Å². The smallest absolute Gasteiger partial charge is 0.235 e. The Morgan fingerprint density at radius 3 is 2.61 bits per heavy atom. The van der Waals surface area contributed by atoms with Crippen molar-refractivity contribution in [2.24, 2.45) is 0 Å². The van der Waals surface area contributed by atoms with Crippen molar-refractivity contribution in [1.29, 1.82) is 0 Å². The number of nitrogens with one attached hydrogen (secondary N) is 2. The van der Waals surface area contributed by atoms with Crippen molar-refractivity contribution in [2.75, 3.05) is 16.0 Å². The molecule has 0 aliphatic carbocycles. The molecule has 18 heavy (non-hydrogen) atoms. The molecule has 1 rings (SSSR count). The molecule has 0 atom stereocenters. The summed E-state index contributed by atoms with van der Waals surface area (Å²) < 4.78 is 0. The number of hydrogen-bond acceptors (Lipinski definition) is 2. The summed E-state index contributed by atoms with van der Waals surface area (Å²) in [5.41, 5.74) is 1.10. The second kappa shape index (κ2) is 7.38. The fourth-order valence-corrected chi connectivity index (χ4v) is 1.64. The molecule has 0 spiro atoms. The maximum atomic E-state index is 11.4. The number of hydrogen-bond donors (Lipinski definition) is 2. The van der Waals surface area contributed by atoms with Crippen LogP contribution in [-0.4, -0.2) is 17.1 Å². The molecule has 0 aliphatic heterocycles. The van der Waals surface area contributed by atoms with Crippen molar-refractivity contribution >= 4 is 50.7 Å². The average molecular weight is 334 g/mol. The minimum Gasteiger partial charge on any atom is -0.326 e. The molecule has 2 N–H and O–H groups in total. The van der Waals surface area contributed by atoms with Gasteiger partial charge in [0.15, 0.2) is 0 Å². The summed E-state index contributed by atoms with van der Waals surface area (Å²) >= 11 is 9.00. The molecule has 0 heterocycles. The fraction of sp³-hybridized carbons (Fsp3) is 0.333. The quantitative estimate of drug-likeness (QED) is 0.811. The zero-order chi connectivity index (χ0) is 13.5. The first-order valence-corrected chi connectivity index (χ1v) is 7.02. The van der Waals surface area contributed by atoms with E-state index in [4.69, 9.17) is 11.6 Å². The van der Waals surface area contributed by atoms with Gasteiger partial charge < -0.3 is 10.6 Å². The number of halogens is 2. The molecule has 0 saturated heterocycles. The Bertz CT molecular complexity index is 452. The van der Waals surface area contributed by atoms with Gasteiger partial charge in [0.25, 0.3) is 0 Å². The van der Waals surface area contributed by atoms with Gasteiger partial charge in [0, 0.05) is 12.1 Å². The standard InChI is InChI=1S/C12H14BrClN2O2/c1-2-3-11(17)15-8-4-5-9(14)10(6-8)16-12(18)7-13/h4-6H,2-3,7H2,1H3,(H,15,17)(H,16,18). The molecular formula is C12H14BrClN2O2. The summed E-state index contributed by atoms with van der Waals surface area (Å²) in [6, 6.07) is 4.96. The van der Waals surface area contributed by atoms with E-state index in [1.165, 1.54) is 0 Å². The van der Waals surface area contributed by atoms with Gasteiger partial charge in [0.2, 0.25) is 11.8 Å². The number of alkyl halides is 1. The predicted molar refractivity (Wildman–Crippen MR) is 77.4 cm³/mol. The molecule has 1 aromatic rings. The molecule has 98 valence electrons. The summed E-state index contributed by atoms with van der Waals surface area (Å²) in [5, 5.41) is 6.00. The van der Waals surface area contributed by atoms with Crippen molar-refractivity contribution < 1.29 is 9.59 Å². The van der Waals surface area contributed by atoms with E-state index in [0.29, 0.717) is 22.8 Å². The van der Waals surface area contributed by atoms with Gasteiger partial charge in [-0.05, 0) is 24.6 Å². The molecule has 0 aliphatic rings. The van der Waals surface area contributed by atoms with E-state index < -0.39 is 0 Å². The van der Waals surface area contributed by atoms with E-state index >= 15 is 0 Å². The lowest BCUT2D eigenvalue weighted by Gasteiger charge is -2.09. The first kappa shape index (κ1) is 15.0. The third-order valence-corrected chi connectivity index (χ3v) is 2.96. The molecular weight excluding hydrogens is 320 g/mol. The second-order valence-electron chi connectivity index (χ2n) is 3.67. The van der Waals surface area contributed by atoms with Crippen LogP contribution in [0, 0.1) is 0 Å². The molecule has 2 amide bonds. The van der Waals surface area contributed by atoms with Crippen molar-refractivity contribution in [3.05, 3.63) is 23.2 Å². The third kappa shape index (κ3) is 4.66. The fourth-order valence-electron chi connectivity index (χ4n) is 1.33. The first-order chi connectivity index (χ1) is 8.56. The molecule has 0 bridgehead atoms. The van der Waals surface area contributed by atoms with Crippen LogP contribution in [0.2, 0.25) is 5.02 Å². The lowest BCUT2D eigenvalue weighted by Crippen LogP contribution is -2.14. The van der Waals surface area contributed by atoms with Crippen LogP contribution >= 0.6 is 27.5 Å². The Hall–Kier alpha value is -1.07. The minimum atomic E-state index is -0.200. The molecule has 4 nitrogen and oxygen atoms in total. The molecule has 6 heteroatoms. The maximum absolute atomic E-state index is 11.4. The lowest BCUT2D eigenvalue weighted by atomic mass is 10.2. The van der Waals surface area contributed by atoms with Gasteiger partial charge in [-0.15, -0.1) is 0 Å². The Kier molecular flexibility index (Phi) is 6.15. The van der Waals surface area contributed by atoms with Gasteiger partial charge in [-0.3, -0.25) is 9.59 Å². The first-order valence-electron chi connectivity index (χ1n) is 5.52. The Morgan fingerprint density at radius 1 is 1.28 bits per heavy atom. The zero-order valence-electron chi connectivity index (χ0n) is 9.93. The largest absolute Gasteiger partial charge is 0.326 e. The number of benzene rings is 1. The van der Waals surface area contributed by atoms with E-state index in [1.54, 1.807) is 18.2 Å². The second-order valence-corrected chi connectivity index (χ2v) is 4.64. The third-order valence-electron chi connectivity index (χ3n) is 2.12. The highest BCUT2D eigenvalue weighted by atomic mass is 79.9. The zero-order valence-corrected chi connectivity index (χ0v) is 12.3.